The van der Waals surface area contributed by atoms with Crippen LogP contribution in [0.15, 0.2) is 289 Å². The summed E-state index contributed by atoms with van der Waals surface area (Å²) >= 11 is 0. The van der Waals surface area contributed by atoms with E-state index in [1.54, 1.807) is 24.3 Å². The molecule has 2 aliphatic heterocycles. The van der Waals surface area contributed by atoms with E-state index >= 15 is 70.2 Å². The van der Waals surface area contributed by atoms with Crippen LogP contribution < -0.4 is 64.6 Å². The van der Waals surface area contributed by atoms with Gasteiger partial charge in [-0.05, 0) is 197 Å². The fraction of sp³-hybridized carbons (Fsp3) is 0.153. The maximum atomic E-state index is 17.0. The van der Waals surface area contributed by atoms with Crippen molar-refractivity contribution in [3.8, 4) is 0 Å². The summed E-state index contributed by atoms with van der Waals surface area (Å²) in [6.07, 6.45) is -7.18. The number of aryl methyl sites for hydroxylation is 12. The lowest BCUT2D eigenvalue weighted by Crippen LogP contribution is -2.71. The maximum Gasteiger partial charge on any atom is 0.200 e. The van der Waals surface area contributed by atoms with Crippen molar-refractivity contribution in [2.24, 2.45) is 11.8 Å². The summed E-state index contributed by atoms with van der Waals surface area (Å²) in [6.45, 7) is 23.0. The molecule has 2 saturated carbocycles. The molecule has 2 fully saturated rings. The Hall–Kier alpha value is -13.4. The second-order valence-electron chi connectivity index (χ2n) is 37.4. The van der Waals surface area contributed by atoms with E-state index in [0.29, 0.717) is 67.6 Å². The standard InChI is InChI=1S/2C47H34BF10P.4C6H6/c2*1-20-15-22(3)46(23(4)16-20)59(47-24(5)17-21(2)18-25(47)6)30-12-8-10-28-27-9-7-11-29(32(27)33(28)30)48(19-31(59)26-13-14-26,34-36(49)40(53)44(57)41(54)37(34)50)35-38(51)42(55)45(58)43(56)39(35)52;4*1-2-4-6-5-3-1/h2*7-12,15-19,26H,13-14H2,1-6H3;4*1-6H/b2*31-19+;;;;. The van der Waals surface area contributed by atoms with Crippen LogP contribution in [0.3, 0.4) is 0 Å². The fourth-order valence-corrected chi connectivity index (χ4v) is 35.1. The van der Waals surface area contributed by atoms with Gasteiger partial charge in [0.25, 0.3) is 0 Å². The number of benzene rings is 16. The zero-order chi connectivity index (χ0) is 102. The Bertz CT molecular complexity index is 7230. The molecule has 16 aromatic rings. The quantitative estimate of drug-likeness (QED) is 0.0421. The minimum atomic E-state index is -4.48. The Morgan fingerprint density at radius 1 is 0.197 bits per heavy atom. The van der Waals surface area contributed by atoms with Crippen molar-refractivity contribution in [2.45, 2.75) is 109 Å². The summed E-state index contributed by atoms with van der Waals surface area (Å²) in [5, 5.41) is 9.00. The van der Waals surface area contributed by atoms with Crippen LogP contribution in [-0.4, -0.2) is 12.3 Å². The third-order valence-corrected chi connectivity index (χ3v) is 38.3. The van der Waals surface area contributed by atoms with Gasteiger partial charge in [-0.2, -0.15) is 22.9 Å². The maximum absolute atomic E-state index is 17.0. The number of hydrogen-bond donors (Lipinski definition) is 0. The second-order valence-corrected chi connectivity index (χ2v) is 43.9. The minimum Gasteiger partial charge on any atom is -0.207 e. The van der Waals surface area contributed by atoms with Gasteiger partial charge in [-0.3, -0.25) is 0 Å². The molecule has 0 nitrogen and oxygen atoms in total. The van der Waals surface area contributed by atoms with E-state index in [1.807, 2.05) is 301 Å². The van der Waals surface area contributed by atoms with Crippen molar-refractivity contribution in [3.63, 3.8) is 0 Å². The molecular weight excluding hydrogens is 1880 g/mol. The predicted molar refractivity (Wildman–Crippen MR) is 532 cm³/mol. The Labute approximate surface area is 809 Å². The highest BCUT2D eigenvalue weighted by atomic mass is 31.2. The van der Waals surface area contributed by atoms with Gasteiger partial charge in [0.15, 0.2) is 69.8 Å². The Morgan fingerprint density at radius 2 is 0.359 bits per heavy atom. The number of allylic oxidation sites excluding steroid dienone is 2. The van der Waals surface area contributed by atoms with Gasteiger partial charge in [0.2, 0.25) is 0 Å². The summed E-state index contributed by atoms with van der Waals surface area (Å²) in [7, 11) is -7.11. The number of hydrogen-bond acceptors (Lipinski definition) is 0. The molecule has 2 heterocycles. The lowest BCUT2D eigenvalue weighted by molar-refractivity contribution is 0.382. The topological polar surface area (TPSA) is 0 Å². The summed E-state index contributed by atoms with van der Waals surface area (Å²) in [5.41, 5.74) is 2.61. The van der Waals surface area contributed by atoms with E-state index in [9.17, 15) is 17.6 Å². The Balaban J connectivity index is 0.000000157. The fourth-order valence-electron chi connectivity index (χ4n) is 23.1. The van der Waals surface area contributed by atoms with Crippen LogP contribution in [-0.2, 0) is 0 Å². The average Bonchev–Trinajstić information content (AvgIpc) is 0.989. The molecule has 0 aromatic heterocycles. The van der Waals surface area contributed by atoms with E-state index in [2.05, 4.69) is 0 Å². The molecule has 0 spiro atoms. The summed E-state index contributed by atoms with van der Waals surface area (Å²) < 4.78 is 322. The predicted octanol–water partition coefficient (Wildman–Crippen LogP) is 25.6. The Kier molecular flexibility index (Phi) is 27.6. The first-order chi connectivity index (χ1) is 67.8. The first-order valence-electron chi connectivity index (χ1n) is 46.3. The van der Waals surface area contributed by atoms with Crippen LogP contribution in [0.5, 0.6) is 0 Å². The number of rotatable bonds is 10. The first-order valence-corrected chi connectivity index (χ1v) is 49.9. The van der Waals surface area contributed by atoms with Crippen molar-refractivity contribution in [1.29, 1.82) is 0 Å². The molecule has 720 valence electrons. The molecule has 0 saturated heterocycles. The van der Waals surface area contributed by atoms with Gasteiger partial charge < -0.3 is 0 Å². The number of halogens is 20. The van der Waals surface area contributed by atoms with Crippen molar-refractivity contribution in [1.82, 2.24) is 0 Å². The van der Waals surface area contributed by atoms with Gasteiger partial charge in [-0.15, -0.1) is 21.9 Å². The molecule has 0 unspecified atom stereocenters. The minimum absolute atomic E-state index is 0.159. The highest BCUT2D eigenvalue weighted by Gasteiger charge is 2.62. The molecule has 22 rings (SSSR count). The molecule has 142 heavy (non-hydrogen) atoms. The zero-order valence-corrected chi connectivity index (χ0v) is 80.9. The van der Waals surface area contributed by atoms with Gasteiger partial charge >= 0.3 is 0 Å². The molecule has 0 N–H and O–H groups in total. The molecular formula is C118H92B2F20P2. The normalized spacial score (nSPS) is 15.4. The van der Waals surface area contributed by atoms with Crippen molar-refractivity contribution >= 4 is 91.4 Å². The lowest BCUT2D eigenvalue weighted by atomic mass is 9.15. The molecule has 0 radical (unpaired) electrons. The largest absolute Gasteiger partial charge is 0.207 e. The van der Waals surface area contributed by atoms with Crippen LogP contribution in [0.1, 0.15) is 92.4 Å². The summed E-state index contributed by atoms with van der Waals surface area (Å²) in [5.74, 6) is -47.8. The zero-order valence-electron chi connectivity index (χ0n) is 79.1. The van der Waals surface area contributed by atoms with Gasteiger partial charge in [0.1, 0.15) is 105 Å². The Morgan fingerprint density at radius 3 is 0.535 bits per heavy atom. The molecule has 16 aromatic carbocycles. The highest BCUT2D eigenvalue weighted by molar-refractivity contribution is 8.00. The van der Waals surface area contributed by atoms with E-state index in [4.69, 9.17) is 0 Å². The van der Waals surface area contributed by atoms with Crippen LogP contribution >= 0.6 is 14.5 Å². The average molecular weight is 1970 g/mol. The molecule has 0 amide bonds. The molecule has 24 heteroatoms. The van der Waals surface area contributed by atoms with Gasteiger partial charge in [-0.25, -0.2) is 87.8 Å². The second kappa shape index (κ2) is 39.1. The third-order valence-electron chi connectivity index (χ3n) is 28.0. The first kappa shape index (κ1) is 100. The smallest absolute Gasteiger partial charge is 0.200 e. The van der Waals surface area contributed by atoms with Gasteiger partial charge in [0.05, 0.1) is 0 Å². The summed E-state index contributed by atoms with van der Waals surface area (Å²) in [6, 6.07) is 83.6. The van der Waals surface area contributed by atoms with E-state index in [0.717, 1.165) is 98.6 Å². The van der Waals surface area contributed by atoms with Crippen LogP contribution in [0.2, 0.25) is 0 Å². The van der Waals surface area contributed by atoms with Crippen LogP contribution in [0.25, 0.3) is 0 Å². The summed E-state index contributed by atoms with van der Waals surface area (Å²) in [4.78, 5) is 0. The lowest BCUT2D eigenvalue weighted by Gasteiger charge is -2.46. The van der Waals surface area contributed by atoms with E-state index < -0.39 is 177 Å². The van der Waals surface area contributed by atoms with Gasteiger partial charge in [0, 0.05) is 32.9 Å². The molecule has 6 aliphatic rings. The van der Waals surface area contributed by atoms with E-state index in [1.165, 1.54) is 36.2 Å². The van der Waals surface area contributed by atoms with Gasteiger partial charge in [-0.1, -0.05) is 277 Å². The monoisotopic (exact) mass is 1970 g/mol. The molecule has 4 aliphatic carbocycles. The molecule has 0 bridgehead atoms. The van der Waals surface area contributed by atoms with Crippen molar-refractivity contribution in [2.75, 3.05) is 0 Å². The third kappa shape index (κ3) is 16.2. The SMILES string of the molecule is Cc1cc(C)c([P+]2(c3c(C)cc(C)cc3C)/C(C3CC3)=C/[B-](c3c(F)c(F)c(F)c(F)c3F)(c3c(F)c(F)c(F)c(F)c3F)c3cccc4c3=c3c2cccc3=4)c(C)c1.Cc1cc(C)c([P+]2(c3c(C)cc(C)cc3C)/C(C3CC3)=C/[B-](c3c(F)c(F)c(F)c(F)c3F)(c3c(F)c(F)c(F)c(F)c3F)c3cccc4c3=c3c2cccc3=4)c(C)c1.c1ccccc1.c1ccccc1.c1ccccc1.c1ccccc1. The highest BCUT2D eigenvalue weighted by Crippen LogP contribution is 2.73. The van der Waals surface area contributed by atoms with Crippen LogP contribution in [0.4, 0.5) is 87.8 Å². The van der Waals surface area contributed by atoms with Crippen molar-refractivity contribution in [3.05, 3.63) is 514 Å². The molecule has 0 atom stereocenters. The van der Waals surface area contributed by atoms with Crippen molar-refractivity contribution < 1.29 is 87.8 Å². The van der Waals surface area contributed by atoms with E-state index in [-0.39, 0.29) is 21.4 Å². The van der Waals surface area contributed by atoms with Crippen LogP contribution in [0, 0.1) is 253 Å².